The molecule has 2 aromatic carbocycles. The summed E-state index contributed by atoms with van der Waals surface area (Å²) in [6, 6.07) is 13.4. The van der Waals surface area contributed by atoms with Gasteiger partial charge in [0.05, 0.1) is 14.2 Å². The van der Waals surface area contributed by atoms with Gasteiger partial charge >= 0.3 is 0 Å². The summed E-state index contributed by atoms with van der Waals surface area (Å²) in [7, 11) is 3.08. The molecule has 0 aromatic heterocycles. The fraction of sp³-hybridized carbons (Fsp3) is 0.391. The molecule has 1 fully saturated rings. The Morgan fingerprint density at radius 3 is 2.14 bits per heavy atom. The van der Waals surface area contributed by atoms with Crippen LogP contribution >= 0.6 is 0 Å². The average molecular weight is 396 g/mol. The molecule has 0 aliphatic carbocycles. The number of aryl methyl sites for hydroxylation is 1. The molecule has 154 valence electrons. The fourth-order valence-corrected chi connectivity index (χ4v) is 3.60. The zero-order valence-corrected chi connectivity index (χ0v) is 17.2. The first-order chi connectivity index (χ1) is 14.0. The summed E-state index contributed by atoms with van der Waals surface area (Å²) in [5.41, 5.74) is 2.71. The van der Waals surface area contributed by atoms with E-state index in [4.69, 9.17) is 9.47 Å². The van der Waals surface area contributed by atoms with E-state index in [0.29, 0.717) is 49.5 Å². The number of rotatable bonds is 6. The summed E-state index contributed by atoms with van der Waals surface area (Å²) in [6.45, 7) is 3.63. The molecule has 0 unspecified atom stereocenters. The van der Waals surface area contributed by atoms with E-state index < -0.39 is 0 Å². The van der Waals surface area contributed by atoms with Gasteiger partial charge in [0.15, 0.2) is 0 Å². The summed E-state index contributed by atoms with van der Waals surface area (Å²) in [5.74, 6) is 0.828. The lowest BCUT2D eigenvalue weighted by Gasteiger charge is -2.32. The van der Waals surface area contributed by atoms with Crippen LogP contribution < -0.4 is 14.8 Å². The molecule has 1 heterocycles. The number of amides is 2. The van der Waals surface area contributed by atoms with Gasteiger partial charge in [-0.3, -0.25) is 9.59 Å². The van der Waals surface area contributed by atoms with Crippen LogP contribution in [-0.4, -0.2) is 44.0 Å². The summed E-state index contributed by atoms with van der Waals surface area (Å²) in [5, 5.41) is 3.02. The summed E-state index contributed by atoms with van der Waals surface area (Å²) >= 11 is 0. The lowest BCUT2D eigenvalue weighted by molar-refractivity contribution is -0.126. The number of benzene rings is 2. The predicted octanol–water partition coefficient (Wildman–Crippen LogP) is 3.18. The minimum Gasteiger partial charge on any atom is -0.496 e. The third-order valence-electron chi connectivity index (χ3n) is 5.38. The van der Waals surface area contributed by atoms with E-state index in [2.05, 4.69) is 5.32 Å². The third kappa shape index (κ3) is 4.88. The molecule has 1 N–H and O–H groups in total. The van der Waals surface area contributed by atoms with Crippen LogP contribution in [0.25, 0.3) is 0 Å². The van der Waals surface area contributed by atoms with Crippen molar-refractivity contribution >= 4 is 11.8 Å². The van der Waals surface area contributed by atoms with Gasteiger partial charge in [-0.15, -0.1) is 0 Å². The molecule has 29 heavy (non-hydrogen) atoms. The van der Waals surface area contributed by atoms with E-state index in [1.807, 2.05) is 31.2 Å². The molecule has 1 aliphatic heterocycles. The van der Waals surface area contributed by atoms with Crippen LogP contribution in [0, 0.1) is 12.8 Å². The lowest BCUT2D eigenvalue weighted by Crippen LogP contribution is -2.43. The molecular formula is C23H28N2O4. The minimum atomic E-state index is -0.127. The summed E-state index contributed by atoms with van der Waals surface area (Å²) in [6.07, 6.45) is 1.28. The van der Waals surface area contributed by atoms with Crippen molar-refractivity contribution in [1.29, 1.82) is 0 Å². The van der Waals surface area contributed by atoms with Crippen molar-refractivity contribution in [3.63, 3.8) is 0 Å². The smallest absolute Gasteiger partial charge is 0.261 e. The highest BCUT2D eigenvalue weighted by atomic mass is 16.5. The first kappa shape index (κ1) is 20.7. The molecule has 1 aliphatic rings. The number of carbonyl (C=O) groups excluding carboxylic acids is 2. The second-order valence-electron chi connectivity index (χ2n) is 7.31. The Balaban J connectivity index is 1.57. The molecule has 6 nitrogen and oxygen atoms in total. The van der Waals surface area contributed by atoms with E-state index in [0.717, 1.165) is 5.56 Å². The Labute approximate surface area is 171 Å². The number of hydrogen-bond acceptors (Lipinski definition) is 4. The molecule has 0 spiro atoms. The van der Waals surface area contributed by atoms with Crippen LogP contribution in [0.4, 0.5) is 0 Å². The average Bonchev–Trinajstić information content (AvgIpc) is 2.77. The normalized spacial score (nSPS) is 14.4. The minimum absolute atomic E-state index is 0.0487. The Hall–Kier alpha value is -3.02. The van der Waals surface area contributed by atoms with Crippen LogP contribution in [0.15, 0.2) is 42.5 Å². The maximum absolute atomic E-state index is 13.0. The van der Waals surface area contributed by atoms with Crippen molar-refractivity contribution in [2.75, 3.05) is 27.3 Å². The van der Waals surface area contributed by atoms with Gasteiger partial charge in [0.25, 0.3) is 5.91 Å². The number of nitrogens with zero attached hydrogens (tertiary/aromatic N) is 1. The number of carbonyl (C=O) groups is 2. The standard InChI is InChI=1S/C23H28N2O4/c1-16-7-9-17(10-8-16)15-24-22(26)18-11-13-25(14-12-18)23(27)21-19(28-2)5-4-6-20(21)29-3/h4-10,18H,11-15H2,1-3H3,(H,24,26). The number of ether oxygens (including phenoxy) is 2. The van der Waals surface area contributed by atoms with Gasteiger partial charge in [-0.1, -0.05) is 35.9 Å². The number of piperidine rings is 1. The van der Waals surface area contributed by atoms with Gasteiger partial charge in [0.1, 0.15) is 17.1 Å². The summed E-state index contributed by atoms with van der Waals surface area (Å²) in [4.78, 5) is 27.3. The topological polar surface area (TPSA) is 67.9 Å². The van der Waals surface area contributed by atoms with E-state index >= 15 is 0 Å². The molecule has 2 amide bonds. The SMILES string of the molecule is COc1cccc(OC)c1C(=O)N1CCC(C(=O)NCc2ccc(C)cc2)CC1. The number of methoxy groups -OCH3 is 2. The van der Waals surface area contributed by atoms with E-state index in [-0.39, 0.29) is 17.7 Å². The largest absolute Gasteiger partial charge is 0.496 e. The van der Waals surface area contributed by atoms with Gasteiger partial charge in [-0.25, -0.2) is 0 Å². The molecule has 0 atom stereocenters. The maximum Gasteiger partial charge on any atom is 0.261 e. The summed E-state index contributed by atoms with van der Waals surface area (Å²) < 4.78 is 10.7. The van der Waals surface area contributed by atoms with Crippen LogP contribution in [0.1, 0.15) is 34.3 Å². The van der Waals surface area contributed by atoms with Crippen molar-refractivity contribution in [2.24, 2.45) is 5.92 Å². The second-order valence-corrected chi connectivity index (χ2v) is 7.31. The van der Waals surface area contributed by atoms with Gasteiger partial charge in [-0.05, 0) is 37.5 Å². The molecule has 0 radical (unpaired) electrons. The van der Waals surface area contributed by atoms with Gasteiger partial charge < -0.3 is 19.7 Å². The van der Waals surface area contributed by atoms with Crippen molar-refractivity contribution < 1.29 is 19.1 Å². The Morgan fingerprint density at radius 1 is 1.00 bits per heavy atom. The maximum atomic E-state index is 13.0. The van der Waals surface area contributed by atoms with Crippen LogP contribution in [0.5, 0.6) is 11.5 Å². The number of nitrogens with one attached hydrogen (secondary N) is 1. The molecule has 1 saturated heterocycles. The van der Waals surface area contributed by atoms with E-state index in [1.165, 1.54) is 19.8 Å². The monoisotopic (exact) mass is 396 g/mol. The van der Waals surface area contributed by atoms with Crippen LogP contribution in [0.3, 0.4) is 0 Å². The molecule has 6 heteroatoms. The Morgan fingerprint density at radius 2 is 1.59 bits per heavy atom. The highest BCUT2D eigenvalue weighted by molar-refractivity contribution is 6.00. The van der Waals surface area contributed by atoms with Gasteiger partial charge in [0, 0.05) is 25.6 Å². The number of hydrogen-bond donors (Lipinski definition) is 1. The van der Waals surface area contributed by atoms with Gasteiger partial charge in [0.2, 0.25) is 5.91 Å². The second kappa shape index (κ2) is 9.45. The van der Waals surface area contributed by atoms with Crippen molar-refractivity contribution in [1.82, 2.24) is 10.2 Å². The van der Waals surface area contributed by atoms with Gasteiger partial charge in [-0.2, -0.15) is 0 Å². The first-order valence-corrected chi connectivity index (χ1v) is 9.87. The fourth-order valence-electron chi connectivity index (χ4n) is 3.60. The molecular weight excluding hydrogens is 368 g/mol. The zero-order valence-electron chi connectivity index (χ0n) is 17.2. The van der Waals surface area contributed by atoms with E-state index in [1.54, 1.807) is 23.1 Å². The molecule has 0 saturated carbocycles. The molecule has 3 rings (SSSR count). The third-order valence-corrected chi connectivity index (χ3v) is 5.38. The van der Waals surface area contributed by atoms with Crippen molar-refractivity contribution in [3.8, 4) is 11.5 Å². The zero-order chi connectivity index (χ0) is 20.8. The van der Waals surface area contributed by atoms with Crippen LogP contribution in [-0.2, 0) is 11.3 Å². The Kier molecular flexibility index (Phi) is 6.75. The molecule has 0 bridgehead atoms. The molecule has 2 aromatic rings. The first-order valence-electron chi connectivity index (χ1n) is 9.87. The quantitative estimate of drug-likeness (QED) is 0.814. The van der Waals surface area contributed by atoms with Crippen LogP contribution in [0.2, 0.25) is 0 Å². The lowest BCUT2D eigenvalue weighted by atomic mass is 9.95. The predicted molar refractivity (Wildman–Crippen MR) is 111 cm³/mol. The highest BCUT2D eigenvalue weighted by Crippen LogP contribution is 2.31. The highest BCUT2D eigenvalue weighted by Gasteiger charge is 2.30. The van der Waals surface area contributed by atoms with Crippen molar-refractivity contribution in [3.05, 3.63) is 59.2 Å². The van der Waals surface area contributed by atoms with Crippen molar-refractivity contribution in [2.45, 2.75) is 26.3 Å². The Bertz CT molecular complexity index is 833. The van der Waals surface area contributed by atoms with E-state index in [9.17, 15) is 9.59 Å². The number of likely N-dealkylation sites (tertiary alicyclic amines) is 1.